The van der Waals surface area contributed by atoms with Crippen molar-refractivity contribution in [2.24, 2.45) is 0 Å². The molecular formula is C9H10N6O. The zero-order valence-electron chi connectivity index (χ0n) is 8.66. The molecule has 7 nitrogen and oxygen atoms in total. The molecule has 2 rings (SSSR count). The molecule has 0 amide bonds. The highest BCUT2D eigenvalue weighted by Crippen LogP contribution is 1.92. The molecule has 2 aromatic heterocycles. The van der Waals surface area contributed by atoms with E-state index < -0.39 is 0 Å². The highest BCUT2D eigenvalue weighted by molar-refractivity contribution is 5.18. The summed E-state index contributed by atoms with van der Waals surface area (Å²) >= 11 is 0. The Balaban J connectivity index is 2.26. The Labute approximate surface area is 91.2 Å². The second-order valence-electron chi connectivity index (χ2n) is 3.01. The Bertz CT molecular complexity index is 523. The average molecular weight is 218 g/mol. The lowest BCUT2D eigenvalue weighted by atomic mass is 10.5. The van der Waals surface area contributed by atoms with Crippen molar-refractivity contribution in [2.75, 3.05) is 12.4 Å². The molecule has 0 fully saturated rings. The first-order valence-electron chi connectivity index (χ1n) is 4.67. The lowest BCUT2D eigenvalue weighted by Crippen LogP contribution is -2.25. The number of nitrogens with zero attached hydrogens (tertiary/aromatic N) is 5. The van der Waals surface area contributed by atoms with Crippen LogP contribution in [0.4, 0.5) is 5.95 Å². The monoisotopic (exact) mass is 218 g/mol. The Hall–Kier alpha value is -2.31. The first-order valence-corrected chi connectivity index (χ1v) is 4.67. The maximum Gasteiger partial charge on any atom is 0.352 e. The van der Waals surface area contributed by atoms with Crippen LogP contribution in [0, 0.1) is 0 Å². The fourth-order valence-electron chi connectivity index (χ4n) is 1.15. The van der Waals surface area contributed by atoms with Gasteiger partial charge in [-0.15, -0.1) is 0 Å². The molecule has 7 heteroatoms. The summed E-state index contributed by atoms with van der Waals surface area (Å²) in [4.78, 5) is 27.2. The second kappa shape index (κ2) is 4.47. The first-order chi connectivity index (χ1) is 7.79. The number of nitrogens with one attached hydrogen (secondary N) is 1. The minimum absolute atomic E-state index is 0.268. The van der Waals surface area contributed by atoms with Crippen LogP contribution in [-0.2, 0) is 6.54 Å². The molecule has 0 spiro atoms. The van der Waals surface area contributed by atoms with E-state index in [1.165, 1.54) is 10.9 Å². The highest BCUT2D eigenvalue weighted by atomic mass is 16.1. The molecule has 2 aromatic rings. The van der Waals surface area contributed by atoms with Crippen molar-refractivity contribution in [3.8, 4) is 0 Å². The molecule has 0 aliphatic carbocycles. The molecular weight excluding hydrogens is 208 g/mol. The summed E-state index contributed by atoms with van der Waals surface area (Å²) in [6, 6.07) is 1.72. The quantitative estimate of drug-likeness (QED) is 0.748. The zero-order chi connectivity index (χ0) is 11.4. The van der Waals surface area contributed by atoms with Gasteiger partial charge >= 0.3 is 5.69 Å². The van der Waals surface area contributed by atoms with Crippen LogP contribution < -0.4 is 11.0 Å². The van der Waals surface area contributed by atoms with Gasteiger partial charge in [-0.2, -0.15) is 4.98 Å². The summed E-state index contributed by atoms with van der Waals surface area (Å²) < 4.78 is 1.34. The third-order valence-corrected chi connectivity index (χ3v) is 1.92. The van der Waals surface area contributed by atoms with Crippen molar-refractivity contribution in [3.63, 3.8) is 0 Å². The predicted octanol–water partition coefficient (Wildman–Crippen LogP) is -0.482. The van der Waals surface area contributed by atoms with Gasteiger partial charge in [-0.1, -0.05) is 0 Å². The van der Waals surface area contributed by atoms with Crippen LogP contribution >= 0.6 is 0 Å². The molecule has 82 valence electrons. The maximum absolute atomic E-state index is 11.5. The minimum atomic E-state index is -0.383. The van der Waals surface area contributed by atoms with E-state index >= 15 is 0 Å². The van der Waals surface area contributed by atoms with E-state index in [4.69, 9.17) is 0 Å². The van der Waals surface area contributed by atoms with Crippen molar-refractivity contribution in [2.45, 2.75) is 6.54 Å². The molecule has 2 heterocycles. The van der Waals surface area contributed by atoms with E-state index in [9.17, 15) is 4.79 Å². The Morgan fingerprint density at radius 2 is 2.06 bits per heavy atom. The Kier molecular flexibility index (Phi) is 2.86. The van der Waals surface area contributed by atoms with Crippen LogP contribution in [0.2, 0.25) is 0 Å². The van der Waals surface area contributed by atoms with Gasteiger partial charge in [0.2, 0.25) is 5.95 Å². The van der Waals surface area contributed by atoms with Crippen LogP contribution in [0.15, 0.2) is 29.6 Å². The highest BCUT2D eigenvalue weighted by Gasteiger charge is 2.02. The van der Waals surface area contributed by atoms with Gasteiger partial charge in [0.1, 0.15) is 12.2 Å². The Morgan fingerprint density at radius 1 is 1.31 bits per heavy atom. The maximum atomic E-state index is 11.5. The van der Waals surface area contributed by atoms with Gasteiger partial charge in [-0.25, -0.2) is 19.7 Å². The van der Waals surface area contributed by atoms with E-state index in [1.54, 1.807) is 25.5 Å². The number of aromatic nitrogens is 5. The normalized spacial score (nSPS) is 10.1. The van der Waals surface area contributed by atoms with Crippen molar-refractivity contribution < 1.29 is 0 Å². The number of hydrogen-bond donors (Lipinski definition) is 1. The predicted molar refractivity (Wildman–Crippen MR) is 57.0 cm³/mol. The lowest BCUT2D eigenvalue weighted by Gasteiger charge is -2.03. The van der Waals surface area contributed by atoms with E-state index in [0.29, 0.717) is 11.8 Å². The SMILES string of the molecule is CNc1ncn(Cc2ncccn2)c(=O)n1. The van der Waals surface area contributed by atoms with Crippen molar-refractivity contribution in [1.29, 1.82) is 0 Å². The molecule has 0 aliphatic rings. The van der Waals surface area contributed by atoms with Crippen LogP contribution in [0.3, 0.4) is 0 Å². The summed E-state index contributed by atoms with van der Waals surface area (Å²) in [5.41, 5.74) is -0.383. The van der Waals surface area contributed by atoms with Gasteiger partial charge in [0.25, 0.3) is 0 Å². The smallest absolute Gasteiger partial charge is 0.352 e. The zero-order valence-corrected chi connectivity index (χ0v) is 8.66. The largest absolute Gasteiger partial charge is 0.357 e. The second-order valence-corrected chi connectivity index (χ2v) is 3.01. The molecule has 0 saturated carbocycles. The molecule has 0 aliphatic heterocycles. The summed E-state index contributed by atoms with van der Waals surface area (Å²) in [6.45, 7) is 0.268. The van der Waals surface area contributed by atoms with Crippen molar-refractivity contribution in [1.82, 2.24) is 24.5 Å². The first kappa shape index (κ1) is 10.2. The topological polar surface area (TPSA) is 85.6 Å². The third kappa shape index (κ3) is 2.19. The third-order valence-electron chi connectivity index (χ3n) is 1.92. The molecule has 16 heavy (non-hydrogen) atoms. The van der Waals surface area contributed by atoms with Crippen molar-refractivity contribution in [3.05, 3.63) is 41.1 Å². The molecule has 0 unspecified atom stereocenters. The minimum Gasteiger partial charge on any atom is -0.357 e. The molecule has 0 aromatic carbocycles. The van der Waals surface area contributed by atoms with Crippen LogP contribution in [0.5, 0.6) is 0 Å². The fourth-order valence-corrected chi connectivity index (χ4v) is 1.15. The number of hydrogen-bond acceptors (Lipinski definition) is 6. The van der Waals surface area contributed by atoms with Crippen molar-refractivity contribution >= 4 is 5.95 Å². The van der Waals surface area contributed by atoms with Gasteiger partial charge in [0, 0.05) is 19.4 Å². The van der Waals surface area contributed by atoms with Gasteiger partial charge in [0.15, 0.2) is 0 Å². The fraction of sp³-hybridized carbons (Fsp3) is 0.222. The summed E-state index contributed by atoms with van der Waals surface area (Å²) in [6.07, 6.45) is 4.66. The van der Waals surface area contributed by atoms with Crippen LogP contribution in [0.25, 0.3) is 0 Å². The van der Waals surface area contributed by atoms with Crippen LogP contribution in [-0.4, -0.2) is 31.6 Å². The summed E-state index contributed by atoms with van der Waals surface area (Å²) in [5.74, 6) is 0.848. The lowest BCUT2D eigenvalue weighted by molar-refractivity contribution is 0.671. The van der Waals surface area contributed by atoms with E-state index in [-0.39, 0.29) is 12.2 Å². The van der Waals surface area contributed by atoms with E-state index in [2.05, 4.69) is 25.3 Å². The number of rotatable bonds is 3. The van der Waals surface area contributed by atoms with Gasteiger partial charge < -0.3 is 5.32 Å². The van der Waals surface area contributed by atoms with Crippen LogP contribution in [0.1, 0.15) is 5.82 Å². The van der Waals surface area contributed by atoms with E-state index in [0.717, 1.165) is 0 Å². The standard InChI is InChI=1S/C9H10N6O/c1-10-8-13-6-15(9(16)14-8)5-7-11-3-2-4-12-7/h2-4,6H,5H2,1H3,(H,10,14,16). The van der Waals surface area contributed by atoms with E-state index in [1.807, 2.05) is 0 Å². The van der Waals surface area contributed by atoms with Gasteiger partial charge in [-0.05, 0) is 6.07 Å². The Morgan fingerprint density at radius 3 is 2.69 bits per heavy atom. The molecule has 0 radical (unpaired) electrons. The van der Waals surface area contributed by atoms with Gasteiger partial charge in [-0.3, -0.25) is 4.57 Å². The van der Waals surface area contributed by atoms with Gasteiger partial charge in [0.05, 0.1) is 6.54 Å². The molecule has 0 saturated heterocycles. The molecule has 0 bridgehead atoms. The number of anilines is 1. The summed E-state index contributed by atoms with van der Waals surface area (Å²) in [7, 11) is 1.65. The average Bonchev–Trinajstić information content (AvgIpc) is 2.33. The molecule has 1 N–H and O–H groups in total. The summed E-state index contributed by atoms with van der Waals surface area (Å²) in [5, 5.41) is 2.69. The molecule has 0 atom stereocenters.